The number of aliphatic hydroxyl groups excluding tert-OH is 3. The lowest BCUT2D eigenvalue weighted by atomic mass is 10.0. The zero-order valence-electron chi connectivity index (χ0n) is 9.05. The average Bonchev–Trinajstić information content (AvgIpc) is 2.67. The van der Waals surface area contributed by atoms with Crippen LogP contribution in [0.2, 0.25) is 0 Å². The van der Waals surface area contributed by atoms with Crippen LogP contribution >= 0.6 is 0 Å². The molecule has 2 unspecified atom stereocenters. The summed E-state index contributed by atoms with van der Waals surface area (Å²) in [6.07, 6.45) is -2.00. The number of benzene rings is 1. The van der Waals surface area contributed by atoms with Gasteiger partial charge in [-0.05, 0) is 24.1 Å². The number of aromatic amines is 2. The quantitative estimate of drug-likeness (QED) is 0.500. The van der Waals surface area contributed by atoms with E-state index in [0.717, 1.165) is 0 Å². The van der Waals surface area contributed by atoms with Gasteiger partial charge in [-0.15, -0.1) is 0 Å². The van der Waals surface area contributed by atoms with Crippen LogP contribution < -0.4 is 5.69 Å². The van der Waals surface area contributed by atoms with Crippen LogP contribution in [0.25, 0.3) is 11.0 Å². The molecule has 0 aliphatic carbocycles. The maximum atomic E-state index is 11.1. The third kappa shape index (κ3) is 2.38. The number of imidazole rings is 1. The molecule has 2 atom stereocenters. The third-order valence-electron chi connectivity index (χ3n) is 2.67. The van der Waals surface area contributed by atoms with E-state index in [1.807, 2.05) is 0 Å². The highest BCUT2D eigenvalue weighted by molar-refractivity contribution is 5.75. The first-order chi connectivity index (χ1) is 8.11. The molecule has 6 nitrogen and oxygen atoms in total. The molecule has 1 heterocycles. The molecule has 1 aromatic carbocycles. The van der Waals surface area contributed by atoms with Gasteiger partial charge >= 0.3 is 5.69 Å². The van der Waals surface area contributed by atoms with Crippen LogP contribution in [-0.2, 0) is 0 Å². The van der Waals surface area contributed by atoms with Gasteiger partial charge in [0.15, 0.2) is 0 Å². The number of fused-ring (bicyclic) bond motifs is 1. The summed E-state index contributed by atoms with van der Waals surface area (Å²) in [6, 6.07) is 4.87. The predicted octanol–water partition coefficient (Wildman–Crippen LogP) is -0.367. The van der Waals surface area contributed by atoms with Crippen molar-refractivity contribution < 1.29 is 15.3 Å². The Balaban J connectivity index is 2.32. The van der Waals surface area contributed by atoms with Gasteiger partial charge in [-0.1, -0.05) is 6.07 Å². The molecule has 2 rings (SSSR count). The zero-order chi connectivity index (χ0) is 12.4. The van der Waals surface area contributed by atoms with Crippen LogP contribution in [0.15, 0.2) is 23.0 Å². The molecule has 0 bridgehead atoms. The predicted molar refractivity (Wildman–Crippen MR) is 61.6 cm³/mol. The monoisotopic (exact) mass is 238 g/mol. The summed E-state index contributed by atoms with van der Waals surface area (Å²) in [5.74, 6) is 0. The van der Waals surface area contributed by atoms with Crippen molar-refractivity contribution in [3.05, 3.63) is 34.2 Å². The number of rotatable bonds is 4. The van der Waals surface area contributed by atoms with Crippen LogP contribution in [0.5, 0.6) is 0 Å². The molecule has 0 aliphatic heterocycles. The van der Waals surface area contributed by atoms with Crippen LogP contribution in [-0.4, -0.2) is 38.0 Å². The molecule has 92 valence electrons. The van der Waals surface area contributed by atoms with Gasteiger partial charge in [0.05, 0.1) is 17.1 Å². The highest BCUT2D eigenvalue weighted by Gasteiger charge is 2.18. The summed E-state index contributed by atoms with van der Waals surface area (Å²) in [7, 11) is 0. The van der Waals surface area contributed by atoms with Crippen molar-refractivity contribution in [1.82, 2.24) is 9.97 Å². The van der Waals surface area contributed by atoms with E-state index in [1.54, 1.807) is 18.2 Å². The Bertz CT molecular complexity index is 560. The van der Waals surface area contributed by atoms with Gasteiger partial charge in [0, 0.05) is 6.61 Å². The minimum Gasteiger partial charge on any atom is -0.396 e. The van der Waals surface area contributed by atoms with Crippen molar-refractivity contribution in [2.24, 2.45) is 0 Å². The normalized spacial score (nSPS) is 15.0. The van der Waals surface area contributed by atoms with Crippen molar-refractivity contribution in [2.45, 2.75) is 18.6 Å². The van der Waals surface area contributed by atoms with Crippen LogP contribution in [0, 0.1) is 0 Å². The van der Waals surface area contributed by atoms with Gasteiger partial charge in [0.1, 0.15) is 6.10 Å². The summed E-state index contributed by atoms with van der Waals surface area (Å²) >= 11 is 0. The summed E-state index contributed by atoms with van der Waals surface area (Å²) in [4.78, 5) is 16.2. The van der Waals surface area contributed by atoms with Crippen molar-refractivity contribution in [2.75, 3.05) is 6.61 Å². The SMILES string of the molecule is O=c1[nH]c2ccc(C(O)C(O)CCO)cc2[nH]1. The molecular formula is C11H14N2O4. The Morgan fingerprint density at radius 3 is 2.59 bits per heavy atom. The minimum absolute atomic E-state index is 0.100. The largest absolute Gasteiger partial charge is 0.396 e. The second-order valence-electron chi connectivity index (χ2n) is 3.91. The minimum atomic E-state index is -1.08. The molecule has 2 aromatic rings. The van der Waals surface area contributed by atoms with E-state index in [-0.39, 0.29) is 18.7 Å². The Kier molecular flexibility index (Phi) is 3.28. The fraction of sp³-hybridized carbons (Fsp3) is 0.364. The lowest BCUT2D eigenvalue weighted by Gasteiger charge is -2.17. The first kappa shape index (κ1) is 11.8. The van der Waals surface area contributed by atoms with E-state index in [0.29, 0.717) is 16.6 Å². The topological polar surface area (TPSA) is 109 Å². The lowest BCUT2D eigenvalue weighted by Crippen LogP contribution is -2.19. The van der Waals surface area contributed by atoms with Gasteiger partial charge in [0.25, 0.3) is 0 Å². The fourth-order valence-electron chi connectivity index (χ4n) is 1.75. The standard InChI is InChI=1S/C11H14N2O4/c14-4-3-9(15)10(16)6-1-2-7-8(5-6)13-11(17)12-7/h1-2,5,9-10,14-16H,3-4H2,(H2,12,13,17). The average molecular weight is 238 g/mol. The second kappa shape index (κ2) is 4.70. The molecule has 17 heavy (non-hydrogen) atoms. The van der Waals surface area contributed by atoms with E-state index < -0.39 is 12.2 Å². The van der Waals surface area contributed by atoms with Gasteiger partial charge in [0.2, 0.25) is 0 Å². The van der Waals surface area contributed by atoms with E-state index in [2.05, 4.69) is 9.97 Å². The number of aromatic nitrogens is 2. The molecule has 0 saturated heterocycles. The third-order valence-corrected chi connectivity index (χ3v) is 2.67. The highest BCUT2D eigenvalue weighted by atomic mass is 16.3. The molecular weight excluding hydrogens is 224 g/mol. The molecule has 0 amide bonds. The highest BCUT2D eigenvalue weighted by Crippen LogP contribution is 2.21. The van der Waals surface area contributed by atoms with Gasteiger partial charge in [-0.3, -0.25) is 0 Å². The molecule has 1 aromatic heterocycles. The number of aliphatic hydroxyl groups is 3. The van der Waals surface area contributed by atoms with Crippen molar-refractivity contribution >= 4 is 11.0 Å². The van der Waals surface area contributed by atoms with Crippen molar-refractivity contribution in [1.29, 1.82) is 0 Å². The second-order valence-corrected chi connectivity index (χ2v) is 3.91. The van der Waals surface area contributed by atoms with E-state index in [4.69, 9.17) is 5.11 Å². The number of nitrogens with one attached hydrogen (secondary N) is 2. The summed E-state index contributed by atoms with van der Waals surface area (Å²) in [5, 5.41) is 28.1. The molecule has 0 saturated carbocycles. The van der Waals surface area contributed by atoms with E-state index >= 15 is 0 Å². The van der Waals surface area contributed by atoms with E-state index in [1.165, 1.54) is 0 Å². The molecule has 0 fully saturated rings. The molecule has 0 radical (unpaired) electrons. The van der Waals surface area contributed by atoms with Gasteiger partial charge in [-0.2, -0.15) is 0 Å². The van der Waals surface area contributed by atoms with Crippen molar-refractivity contribution in [3.8, 4) is 0 Å². The number of H-pyrrole nitrogens is 2. The Labute approximate surface area is 96.5 Å². The summed E-state index contributed by atoms with van der Waals surface area (Å²) < 4.78 is 0. The molecule has 0 aliphatic rings. The van der Waals surface area contributed by atoms with Crippen LogP contribution in [0.1, 0.15) is 18.1 Å². The zero-order valence-corrected chi connectivity index (χ0v) is 9.05. The molecule has 6 heteroatoms. The summed E-state index contributed by atoms with van der Waals surface area (Å²) in [5.41, 5.74) is 1.39. The first-order valence-corrected chi connectivity index (χ1v) is 5.31. The number of hydrogen-bond acceptors (Lipinski definition) is 4. The smallest absolute Gasteiger partial charge is 0.323 e. The van der Waals surface area contributed by atoms with Crippen LogP contribution in [0.4, 0.5) is 0 Å². The molecule has 0 spiro atoms. The van der Waals surface area contributed by atoms with Crippen LogP contribution in [0.3, 0.4) is 0 Å². The Morgan fingerprint density at radius 2 is 1.88 bits per heavy atom. The Hall–Kier alpha value is -1.63. The molecule has 5 N–H and O–H groups in total. The number of hydrogen-bond donors (Lipinski definition) is 5. The fourth-order valence-corrected chi connectivity index (χ4v) is 1.75. The summed E-state index contributed by atoms with van der Waals surface area (Å²) in [6.45, 7) is -0.193. The maximum absolute atomic E-state index is 11.1. The van der Waals surface area contributed by atoms with Gasteiger partial charge in [-0.25, -0.2) is 4.79 Å². The Morgan fingerprint density at radius 1 is 1.18 bits per heavy atom. The van der Waals surface area contributed by atoms with E-state index in [9.17, 15) is 15.0 Å². The van der Waals surface area contributed by atoms with Crippen molar-refractivity contribution in [3.63, 3.8) is 0 Å². The lowest BCUT2D eigenvalue weighted by molar-refractivity contribution is 0.00428. The first-order valence-electron chi connectivity index (χ1n) is 5.31. The van der Waals surface area contributed by atoms with Gasteiger partial charge < -0.3 is 25.3 Å². The maximum Gasteiger partial charge on any atom is 0.323 e.